The van der Waals surface area contributed by atoms with Gasteiger partial charge in [0.15, 0.2) is 5.79 Å². The van der Waals surface area contributed by atoms with Crippen LogP contribution >= 0.6 is 0 Å². The highest BCUT2D eigenvalue weighted by molar-refractivity contribution is 5.87. The van der Waals surface area contributed by atoms with Crippen LogP contribution in [-0.4, -0.2) is 24.8 Å². The van der Waals surface area contributed by atoms with Crippen LogP contribution in [0, 0.1) is 29.1 Å². The van der Waals surface area contributed by atoms with Crippen molar-refractivity contribution in [1.82, 2.24) is 0 Å². The highest BCUT2D eigenvalue weighted by Gasteiger charge is 2.56. The maximum Gasteiger partial charge on any atom is 0.172 e. The summed E-state index contributed by atoms with van der Waals surface area (Å²) in [6.45, 7) is 3.78. The largest absolute Gasteiger partial charge is 0.347 e. The molecule has 126 valence electrons. The van der Waals surface area contributed by atoms with Crippen molar-refractivity contribution in [3.8, 4) is 0 Å². The van der Waals surface area contributed by atoms with Gasteiger partial charge in [-0.3, -0.25) is 4.79 Å². The van der Waals surface area contributed by atoms with Gasteiger partial charge >= 0.3 is 0 Å². The first kappa shape index (κ1) is 14.7. The SMILES string of the molecule is CC12CCC3C4CCC5(CC4=CCC3C1CCC2=O)OCCO5. The van der Waals surface area contributed by atoms with Gasteiger partial charge in [-0.1, -0.05) is 18.6 Å². The van der Waals surface area contributed by atoms with Gasteiger partial charge in [-0.15, -0.1) is 0 Å². The second-order valence-corrected chi connectivity index (χ2v) is 8.80. The Morgan fingerprint density at radius 3 is 2.74 bits per heavy atom. The zero-order valence-corrected chi connectivity index (χ0v) is 14.2. The third kappa shape index (κ3) is 1.99. The van der Waals surface area contributed by atoms with Crippen molar-refractivity contribution in [2.45, 2.75) is 64.1 Å². The molecule has 0 N–H and O–H groups in total. The van der Waals surface area contributed by atoms with Crippen molar-refractivity contribution in [3.63, 3.8) is 0 Å². The van der Waals surface area contributed by atoms with Gasteiger partial charge in [-0.25, -0.2) is 0 Å². The lowest BCUT2D eigenvalue weighted by Gasteiger charge is -2.52. The number of carbonyl (C=O) groups excluding carboxylic acids is 1. The molecule has 5 unspecified atom stereocenters. The molecule has 0 aromatic carbocycles. The molecule has 3 saturated carbocycles. The van der Waals surface area contributed by atoms with E-state index in [2.05, 4.69) is 13.0 Å². The zero-order chi connectivity index (χ0) is 15.7. The van der Waals surface area contributed by atoms with Gasteiger partial charge in [0.05, 0.1) is 13.2 Å². The lowest BCUT2D eigenvalue weighted by atomic mass is 9.53. The molecular formula is C20H28O3. The monoisotopic (exact) mass is 316 g/mol. The minimum absolute atomic E-state index is 0.0000737. The van der Waals surface area contributed by atoms with E-state index in [-0.39, 0.29) is 11.2 Å². The molecule has 0 amide bonds. The molecule has 1 saturated heterocycles. The van der Waals surface area contributed by atoms with E-state index in [1.165, 1.54) is 19.3 Å². The maximum absolute atomic E-state index is 12.4. The van der Waals surface area contributed by atoms with Crippen LogP contribution in [0.15, 0.2) is 11.6 Å². The minimum Gasteiger partial charge on any atom is -0.347 e. The summed E-state index contributed by atoms with van der Waals surface area (Å²) in [7, 11) is 0. The van der Waals surface area contributed by atoms with E-state index < -0.39 is 0 Å². The van der Waals surface area contributed by atoms with Crippen LogP contribution in [0.2, 0.25) is 0 Å². The summed E-state index contributed by atoms with van der Waals surface area (Å²) in [6, 6.07) is 0. The topological polar surface area (TPSA) is 35.5 Å². The van der Waals surface area contributed by atoms with Gasteiger partial charge < -0.3 is 9.47 Å². The van der Waals surface area contributed by atoms with E-state index in [4.69, 9.17) is 9.47 Å². The molecule has 0 aromatic rings. The normalized spacial score (nSPS) is 47.9. The summed E-state index contributed by atoms with van der Waals surface area (Å²) in [5.74, 6) is 3.17. The van der Waals surface area contributed by atoms with Crippen LogP contribution in [0.5, 0.6) is 0 Å². The Morgan fingerprint density at radius 2 is 1.91 bits per heavy atom. The molecule has 5 atom stereocenters. The highest BCUT2D eigenvalue weighted by Crippen LogP contribution is 2.61. The lowest BCUT2D eigenvalue weighted by molar-refractivity contribution is -0.176. The van der Waals surface area contributed by atoms with Crippen LogP contribution in [-0.2, 0) is 14.3 Å². The molecule has 3 nitrogen and oxygen atoms in total. The molecule has 1 spiro atoms. The number of allylic oxidation sites excluding steroid dienone is 1. The fraction of sp³-hybridized carbons (Fsp3) is 0.850. The number of rotatable bonds is 0. The number of hydrogen-bond acceptors (Lipinski definition) is 3. The van der Waals surface area contributed by atoms with Crippen molar-refractivity contribution in [3.05, 3.63) is 11.6 Å². The molecule has 4 fully saturated rings. The molecule has 0 bridgehead atoms. The third-order valence-corrected chi connectivity index (χ3v) is 7.97. The number of carbonyl (C=O) groups is 1. The molecule has 1 heterocycles. The van der Waals surface area contributed by atoms with Gasteiger partial charge in [0.2, 0.25) is 0 Å². The Morgan fingerprint density at radius 1 is 1.09 bits per heavy atom. The summed E-state index contributed by atoms with van der Waals surface area (Å²) in [5.41, 5.74) is 1.60. The molecule has 1 aliphatic heterocycles. The van der Waals surface area contributed by atoms with E-state index in [0.717, 1.165) is 63.1 Å². The standard InChI is InChI=1S/C20H28O3/c1-19-8-6-15-14-7-9-20(22-10-11-23-20)12-13(14)2-3-16(15)17(19)4-5-18(19)21/h2,14-17H,3-12H2,1H3. The first-order valence-corrected chi connectivity index (χ1v) is 9.61. The van der Waals surface area contributed by atoms with Crippen molar-refractivity contribution in [2.24, 2.45) is 29.1 Å². The average molecular weight is 316 g/mol. The Labute approximate surface area is 138 Å². The molecule has 5 rings (SSSR count). The van der Waals surface area contributed by atoms with Crippen LogP contribution in [0.3, 0.4) is 0 Å². The summed E-state index contributed by atoms with van der Waals surface area (Å²) in [4.78, 5) is 12.4. The Kier molecular flexibility index (Phi) is 3.13. The summed E-state index contributed by atoms with van der Waals surface area (Å²) < 4.78 is 11.9. The fourth-order valence-corrected chi connectivity index (χ4v) is 6.76. The van der Waals surface area contributed by atoms with E-state index in [0.29, 0.717) is 11.7 Å². The second-order valence-electron chi connectivity index (χ2n) is 8.80. The minimum atomic E-state index is -0.290. The van der Waals surface area contributed by atoms with Crippen LogP contribution in [0.4, 0.5) is 0 Å². The van der Waals surface area contributed by atoms with Gasteiger partial charge in [-0.2, -0.15) is 0 Å². The predicted molar refractivity (Wildman–Crippen MR) is 86.7 cm³/mol. The van der Waals surface area contributed by atoms with E-state index in [9.17, 15) is 4.79 Å². The summed E-state index contributed by atoms with van der Waals surface area (Å²) in [6.07, 6.45) is 11.3. The first-order valence-electron chi connectivity index (χ1n) is 9.61. The van der Waals surface area contributed by atoms with E-state index in [1.807, 2.05) is 0 Å². The average Bonchev–Trinajstić information content (AvgIpc) is 3.12. The summed E-state index contributed by atoms with van der Waals surface area (Å²) in [5, 5.41) is 0. The molecule has 0 aromatic heterocycles. The van der Waals surface area contributed by atoms with Crippen LogP contribution in [0.25, 0.3) is 0 Å². The molecule has 3 heteroatoms. The highest BCUT2D eigenvalue weighted by atomic mass is 16.7. The van der Waals surface area contributed by atoms with Crippen LogP contribution < -0.4 is 0 Å². The number of ketones is 1. The number of hydrogen-bond donors (Lipinski definition) is 0. The molecule has 5 aliphatic rings. The number of Topliss-reactive ketones (excluding diaryl/α,β-unsaturated/α-hetero) is 1. The number of ether oxygens (including phenoxy) is 2. The quantitative estimate of drug-likeness (QED) is 0.636. The molecule has 23 heavy (non-hydrogen) atoms. The van der Waals surface area contributed by atoms with Gasteiger partial charge in [0.1, 0.15) is 5.78 Å². The molecule has 0 radical (unpaired) electrons. The van der Waals surface area contributed by atoms with Crippen molar-refractivity contribution < 1.29 is 14.3 Å². The Hall–Kier alpha value is -0.670. The maximum atomic E-state index is 12.4. The lowest BCUT2D eigenvalue weighted by Crippen LogP contribution is -2.48. The fourth-order valence-electron chi connectivity index (χ4n) is 6.76. The van der Waals surface area contributed by atoms with E-state index in [1.54, 1.807) is 5.57 Å². The van der Waals surface area contributed by atoms with Crippen molar-refractivity contribution >= 4 is 5.78 Å². The van der Waals surface area contributed by atoms with E-state index >= 15 is 0 Å². The third-order valence-electron chi connectivity index (χ3n) is 7.97. The van der Waals surface area contributed by atoms with Crippen LogP contribution in [0.1, 0.15) is 58.3 Å². The predicted octanol–water partition coefficient (Wildman–Crippen LogP) is 3.87. The van der Waals surface area contributed by atoms with Gasteiger partial charge in [0.25, 0.3) is 0 Å². The number of fused-ring (bicyclic) bond motifs is 5. The van der Waals surface area contributed by atoms with Crippen molar-refractivity contribution in [2.75, 3.05) is 13.2 Å². The van der Waals surface area contributed by atoms with Gasteiger partial charge in [0, 0.05) is 24.7 Å². The van der Waals surface area contributed by atoms with Gasteiger partial charge in [-0.05, 0) is 55.8 Å². The Balaban J connectivity index is 1.42. The second kappa shape index (κ2) is 4.92. The molecule has 4 aliphatic carbocycles. The van der Waals surface area contributed by atoms with Crippen molar-refractivity contribution in [1.29, 1.82) is 0 Å². The smallest absolute Gasteiger partial charge is 0.172 e. The Bertz CT molecular complexity index is 559. The zero-order valence-electron chi connectivity index (χ0n) is 14.2. The first-order chi connectivity index (χ1) is 11.1. The summed E-state index contributed by atoms with van der Waals surface area (Å²) >= 11 is 0. The molecular weight excluding hydrogens is 288 g/mol.